The average Bonchev–Trinajstić information content (AvgIpc) is 2.74. The minimum atomic E-state index is -4.22. The van der Waals surface area contributed by atoms with Crippen molar-refractivity contribution in [2.75, 3.05) is 52.9 Å². The predicted molar refractivity (Wildman–Crippen MR) is 110 cm³/mol. The molecule has 0 radical (unpaired) electrons. The molecule has 1 aromatic rings. The van der Waals surface area contributed by atoms with E-state index in [1.54, 1.807) is 31.4 Å². The smallest absolute Gasteiger partial charge is 0.403 e. The Balaban J connectivity index is 1.83. The molecule has 1 heterocycles. The van der Waals surface area contributed by atoms with Crippen LogP contribution in [0.4, 0.5) is 13.2 Å². The topological polar surface area (TPSA) is 69.2 Å². The molecule has 1 saturated heterocycles. The fourth-order valence-electron chi connectivity index (χ4n) is 3.13. The van der Waals surface area contributed by atoms with E-state index in [9.17, 15) is 18.0 Å². The Morgan fingerprint density at radius 2 is 1.80 bits per heavy atom. The number of guanidine groups is 1. The van der Waals surface area contributed by atoms with Crippen LogP contribution in [0.5, 0.6) is 5.75 Å². The molecule has 2 rings (SSSR count). The van der Waals surface area contributed by atoms with E-state index in [0.717, 1.165) is 0 Å². The predicted octanol–water partition coefficient (Wildman–Crippen LogP) is 1.96. The van der Waals surface area contributed by atoms with E-state index < -0.39 is 12.2 Å². The standard InChI is InChI=1S/C20H30F3N5O2/c1-4-24-19(28-13-11-27(12-14-28)15(2)20(21,22)23)26-10-9-25-18(29)16-5-7-17(30-3)8-6-16/h5-8,15H,4,9-14H2,1-3H3,(H,24,26)(H,25,29). The van der Waals surface area contributed by atoms with Gasteiger partial charge in [-0.25, -0.2) is 0 Å². The highest BCUT2D eigenvalue weighted by atomic mass is 19.4. The summed E-state index contributed by atoms with van der Waals surface area (Å²) in [4.78, 5) is 20.1. The third-order valence-electron chi connectivity index (χ3n) is 4.98. The fourth-order valence-corrected chi connectivity index (χ4v) is 3.13. The number of halogens is 3. The van der Waals surface area contributed by atoms with Crippen LogP contribution in [0.2, 0.25) is 0 Å². The van der Waals surface area contributed by atoms with Crippen molar-refractivity contribution < 1.29 is 22.7 Å². The zero-order chi connectivity index (χ0) is 22.1. The van der Waals surface area contributed by atoms with Crippen molar-refractivity contribution in [3.05, 3.63) is 29.8 Å². The summed E-state index contributed by atoms with van der Waals surface area (Å²) in [6, 6.07) is 5.35. The second-order valence-corrected chi connectivity index (χ2v) is 6.96. The molecule has 1 aliphatic heterocycles. The van der Waals surface area contributed by atoms with Crippen LogP contribution in [0.1, 0.15) is 24.2 Å². The van der Waals surface area contributed by atoms with Crippen molar-refractivity contribution in [1.29, 1.82) is 0 Å². The lowest BCUT2D eigenvalue weighted by molar-refractivity contribution is -0.181. The molecule has 1 amide bonds. The van der Waals surface area contributed by atoms with Crippen LogP contribution < -0.4 is 15.4 Å². The first-order chi connectivity index (χ1) is 14.3. The molecule has 1 fully saturated rings. The summed E-state index contributed by atoms with van der Waals surface area (Å²) < 4.78 is 43.8. The van der Waals surface area contributed by atoms with Crippen LogP contribution in [0, 0.1) is 0 Å². The molecular formula is C20H30F3N5O2. The molecule has 2 N–H and O–H groups in total. The van der Waals surface area contributed by atoms with Crippen LogP contribution in [0.25, 0.3) is 0 Å². The number of nitrogens with one attached hydrogen (secondary N) is 2. The van der Waals surface area contributed by atoms with Gasteiger partial charge >= 0.3 is 6.18 Å². The van der Waals surface area contributed by atoms with E-state index in [1.807, 2.05) is 11.8 Å². The lowest BCUT2D eigenvalue weighted by atomic mass is 10.2. The number of hydrogen-bond acceptors (Lipinski definition) is 4. The first-order valence-corrected chi connectivity index (χ1v) is 10.0. The van der Waals surface area contributed by atoms with Gasteiger partial charge in [-0.3, -0.25) is 14.7 Å². The van der Waals surface area contributed by atoms with Gasteiger partial charge in [-0.05, 0) is 38.1 Å². The van der Waals surface area contributed by atoms with E-state index >= 15 is 0 Å². The Hall–Kier alpha value is -2.49. The van der Waals surface area contributed by atoms with Gasteiger partial charge in [-0.1, -0.05) is 0 Å². The largest absolute Gasteiger partial charge is 0.497 e. The SMILES string of the molecule is CCNC(=NCCNC(=O)c1ccc(OC)cc1)N1CCN(C(C)C(F)(F)F)CC1. The maximum atomic E-state index is 12.9. The number of carbonyl (C=O) groups is 1. The molecule has 10 heteroatoms. The second kappa shape index (κ2) is 11.1. The number of amides is 1. The summed E-state index contributed by atoms with van der Waals surface area (Å²) in [6.07, 6.45) is -4.22. The Labute approximate surface area is 175 Å². The van der Waals surface area contributed by atoms with E-state index in [2.05, 4.69) is 15.6 Å². The highest BCUT2D eigenvalue weighted by molar-refractivity contribution is 5.94. The Bertz CT molecular complexity index is 701. The third-order valence-corrected chi connectivity index (χ3v) is 4.98. The molecule has 0 aliphatic carbocycles. The molecule has 1 unspecified atom stereocenters. The molecule has 0 saturated carbocycles. The van der Waals surface area contributed by atoms with Crippen molar-refractivity contribution in [2.24, 2.45) is 4.99 Å². The molecular weight excluding hydrogens is 399 g/mol. The van der Waals surface area contributed by atoms with Gasteiger partial charge in [0.25, 0.3) is 5.91 Å². The monoisotopic (exact) mass is 429 g/mol. The number of benzene rings is 1. The van der Waals surface area contributed by atoms with Crippen molar-refractivity contribution >= 4 is 11.9 Å². The Morgan fingerprint density at radius 3 is 2.33 bits per heavy atom. The van der Waals surface area contributed by atoms with E-state index in [-0.39, 0.29) is 5.91 Å². The van der Waals surface area contributed by atoms with Gasteiger partial charge in [-0.2, -0.15) is 13.2 Å². The van der Waals surface area contributed by atoms with Gasteiger partial charge < -0.3 is 20.3 Å². The lowest BCUT2D eigenvalue weighted by Crippen LogP contribution is -2.56. The van der Waals surface area contributed by atoms with Gasteiger partial charge in [0, 0.05) is 44.8 Å². The number of nitrogens with zero attached hydrogens (tertiary/aromatic N) is 3. The lowest BCUT2D eigenvalue weighted by Gasteiger charge is -2.39. The summed E-state index contributed by atoms with van der Waals surface area (Å²) >= 11 is 0. The third kappa shape index (κ3) is 6.79. The van der Waals surface area contributed by atoms with Crippen LogP contribution >= 0.6 is 0 Å². The van der Waals surface area contributed by atoms with E-state index in [1.165, 1.54) is 11.8 Å². The second-order valence-electron chi connectivity index (χ2n) is 6.96. The van der Waals surface area contributed by atoms with Crippen LogP contribution in [0.15, 0.2) is 29.3 Å². The molecule has 1 aliphatic rings. The Morgan fingerprint density at radius 1 is 1.17 bits per heavy atom. The number of alkyl halides is 3. The number of aliphatic imine (C=N–C) groups is 1. The fraction of sp³-hybridized carbons (Fsp3) is 0.600. The minimum absolute atomic E-state index is 0.201. The number of piperazine rings is 1. The number of rotatable bonds is 7. The van der Waals surface area contributed by atoms with Gasteiger partial charge in [0.05, 0.1) is 13.7 Å². The molecule has 0 spiro atoms. The summed E-state index contributed by atoms with van der Waals surface area (Å²) in [5.74, 6) is 1.12. The van der Waals surface area contributed by atoms with Crippen LogP contribution in [-0.2, 0) is 0 Å². The summed E-state index contributed by atoms with van der Waals surface area (Å²) in [5.41, 5.74) is 0.529. The maximum absolute atomic E-state index is 12.9. The van der Waals surface area contributed by atoms with Gasteiger partial charge in [-0.15, -0.1) is 0 Å². The summed E-state index contributed by atoms with van der Waals surface area (Å²) in [7, 11) is 1.56. The summed E-state index contributed by atoms with van der Waals surface area (Å²) in [5, 5.41) is 5.98. The van der Waals surface area contributed by atoms with Crippen molar-refractivity contribution in [2.45, 2.75) is 26.1 Å². The number of carbonyl (C=O) groups excluding carboxylic acids is 1. The zero-order valence-corrected chi connectivity index (χ0v) is 17.6. The molecule has 30 heavy (non-hydrogen) atoms. The van der Waals surface area contributed by atoms with E-state index in [4.69, 9.17) is 4.74 Å². The van der Waals surface area contributed by atoms with Gasteiger partial charge in [0.2, 0.25) is 0 Å². The minimum Gasteiger partial charge on any atom is -0.497 e. The Kier molecular flexibility index (Phi) is 8.76. The zero-order valence-electron chi connectivity index (χ0n) is 17.6. The van der Waals surface area contributed by atoms with Crippen molar-refractivity contribution in [3.8, 4) is 5.75 Å². The average molecular weight is 429 g/mol. The summed E-state index contributed by atoms with van der Waals surface area (Å²) in [6.45, 7) is 6.06. The molecule has 7 nitrogen and oxygen atoms in total. The molecule has 1 atom stereocenters. The van der Waals surface area contributed by atoms with Crippen molar-refractivity contribution in [3.63, 3.8) is 0 Å². The first-order valence-electron chi connectivity index (χ1n) is 10.0. The quantitative estimate of drug-likeness (QED) is 0.394. The maximum Gasteiger partial charge on any atom is 0.403 e. The first kappa shape index (κ1) is 23.8. The van der Waals surface area contributed by atoms with Gasteiger partial charge in [0.15, 0.2) is 5.96 Å². The number of hydrogen-bond donors (Lipinski definition) is 2. The molecule has 0 bridgehead atoms. The highest BCUT2D eigenvalue weighted by Crippen LogP contribution is 2.25. The normalized spacial score (nSPS) is 16.9. The molecule has 0 aromatic heterocycles. The van der Waals surface area contributed by atoms with Crippen molar-refractivity contribution in [1.82, 2.24) is 20.4 Å². The van der Waals surface area contributed by atoms with Crippen LogP contribution in [0.3, 0.4) is 0 Å². The van der Waals surface area contributed by atoms with Gasteiger partial charge in [0.1, 0.15) is 11.8 Å². The molecule has 1 aromatic carbocycles. The molecule has 168 valence electrons. The van der Waals surface area contributed by atoms with Crippen LogP contribution in [-0.4, -0.2) is 86.8 Å². The number of ether oxygens (including phenoxy) is 1. The highest BCUT2D eigenvalue weighted by Gasteiger charge is 2.41. The number of methoxy groups -OCH3 is 1. The van der Waals surface area contributed by atoms with E-state index in [0.29, 0.717) is 63.1 Å².